The molecule has 0 atom stereocenters. The minimum absolute atomic E-state index is 0.277. The summed E-state index contributed by atoms with van der Waals surface area (Å²) in [7, 11) is 0. The van der Waals surface area contributed by atoms with E-state index in [2.05, 4.69) is 31.0 Å². The second kappa shape index (κ2) is 9.72. The number of para-hydroxylation sites is 1. The van der Waals surface area contributed by atoms with E-state index in [1.165, 1.54) is 6.07 Å². The van der Waals surface area contributed by atoms with Gasteiger partial charge >= 0.3 is 0 Å². The third kappa shape index (κ3) is 5.47. The Labute approximate surface area is 122 Å². The first-order valence-electron chi connectivity index (χ1n) is 7.56. The quantitative estimate of drug-likeness (QED) is 0.668. The van der Waals surface area contributed by atoms with Gasteiger partial charge in [-0.15, -0.1) is 0 Å². The van der Waals surface area contributed by atoms with Gasteiger partial charge in [0.15, 0.2) is 11.6 Å². The molecular formula is C16H27FN2O. The molecule has 3 nitrogen and oxygen atoms in total. The minimum atomic E-state index is -0.277. The van der Waals surface area contributed by atoms with Gasteiger partial charge in [0.2, 0.25) is 0 Å². The lowest BCUT2D eigenvalue weighted by Gasteiger charge is -2.19. The Morgan fingerprint density at radius 2 is 1.95 bits per heavy atom. The summed E-state index contributed by atoms with van der Waals surface area (Å²) in [4.78, 5) is 2.26. The van der Waals surface area contributed by atoms with Crippen LogP contribution in [0.5, 0.6) is 5.75 Å². The first-order valence-corrected chi connectivity index (χ1v) is 7.56. The average Bonchev–Trinajstić information content (AvgIpc) is 2.46. The summed E-state index contributed by atoms with van der Waals surface area (Å²) >= 11 is 0. The Hall–Kier alpha value is -1.13. The van der Waals surface area contributed by atoms with Gasteiger partial charge in [0.1, 0.15) is 6.61 Å². The van der Waals surface area contributed by atoms with Gasteiger partial charge in [-0.05, 0) is 32.1 Å². The van der Waals surface area contributed by atoms with Crippen LogP contribution in [0.3, 0.4) is 0 Å². The van der Waals surface area contributed by atoms with E-state index in [4.69, 9.17) is 4.74 Å². The Balaban J connectivity index is 2.58. The topological polar surface area (TPSA) is 24.5 Å². The summed E-state index contributed by atoms with van der Waals surface area (Å²) in [6.07, 6.45) is 1.06. The van der Waals surface area contributed by atoms with Gasteiger partial charge in [0.25, 0.3) is 0 Å². The van der Waals surface area contributed by atoms with E-state index in [0.29, 0.717) is 18.9 Å². The van der Waals surface area contributed by atoms with Crippen LogP contribution in [0.15, 0.2) is 18.2 Å². The van der Waals surface area contributed by atoms with Crippen molar-refractivity contribution < 1.29 is 9.13 Å². The summed E-state index contributed by atoms with van der Waals surface area (Å²) in [5.41, 5.74) is 0.887. The first kappa shape index (κ1) is 16.9. The normalized spacial score (nSPS) is 11.1. The molecule has 1 N–H and O–H groups in total. The molecule has 1 aromatic carbocycles. The zero-order valence-electron chi connectivity index (χ0n) is 12.9. The van der Waals surface area contributed by atoms with Gasteiger partial charge in [-0.1, -0.05) is 32.9 Å². The van der Waals surface area contributed by atoms with Gasteiger partial charge < -0.3 is 15.0 Å². The Morgan fingerprint density at radius 3 is 2.60 bits per heavy atom. The molecule has 0 aromatic heterocycles. The van der Waals surface area contributed by atoms with E-state index in [-0.39, 0.29) is 5.82 Å². The van der Waals surface area contributed by atoms with Gasteiger partial charge in [0, 0.05) is 18.7 Å². The Morgan fingerprint density at radius 1 is 1.20 bits per heavy atom. The van der Waals surface area contributed by atoms with Crippen molar-refractivity contribution in [1.82, 2.24) is 10.2 Å². The number of nitrogens with one attached hydrogen (secondary N) is 1. The first-order chi connectivity index (χ1) is 9.72. The lowest BCUT2D eigenvalue weighted by atomic mass is 10.2. The SMILES string of the molecule is CCCNCc1cccc(F)c1OCCN(CC)CC. The van der Waals surface area contributed by atoms with Crippen LogP contribution < -0.4 is 10.1 Å². The molecule has 0 spiro atoms. The number of hydrogen-bond acceptors (Lipinski definition) is 3. The van der Waals surface area contributed by atoms with E-state index < -0.39 is 0 Å². The van der Waals surface area contributed by atoms with Crippen molar-refractivity contribution >= 4 is 0 Å². The van der Waals surface area contributed by atoms with Crippen molar-refractivity contribution in [2.75, 3.05) is 32.8 Å². The molecule has 0 radical (unpaired) electrons. The van der Waals surface area contributed by atoms with Crippen LogP contribution in [-0.2, 0) is 6.54 Å². The van der Waals surface area contributed by atoms with Gasteiger partial charge in [0.05, 0.1) is 0 Å². The van der Waals surface area contributed by atoms with Crippen LogP contribution in [0.4, 0.5) is 4.39 Å². The highest BCUT2D eigenvalue weighted by molar-refractivity contribution is 5.34. The van der Waals surface area contributed by atoms with Crippen molar-refractivity contribution in [3.63, 3.8) is 0 Å². The number of likely N-dealkylation sites (N-methyl/N-ethyl adjacent to an activating group) is 1. The number of ether oxygens (including phenoxy) is 1. The Kier molecular flexibility index (Phi) is 8.23. The fraction of sp³-hybridized carbons (Fsp3) is 0.625. The van der Waals surface area contributed by atoms with Crippen LogP contribution >= 0.6 is 0 Å². The second-order valence-electron chi connectivity index (χ2n) is 4.78. The molecule has 0 saturated heterocycles. The van der Waals surface area contributed by atoms with Gasteiger partial charge in [-0.25, -0.2) is 4.39 Å². The molecule has 20 heavy (non-hydrogen) atoms. The van der Waals surface area contributed by atoms with Crippen molar-refractivity contribution in [2.24, 2.45) is 0 Å². The molecule has 0 aliphatic heterocycles. The van der Waals surface area contributed by atoms with Crippen LogP contribution in [0.1, 0.15) is 32.8 Å². The number of rotatable bonds is 10. The van der Waals surface area contributed by atoms with Crippen molar-refractivity contribution in [1.29, 1.82) is 0 Å². The maximum atomic E-state index is 13.9. The molecular weight excluding hydrogens is 255 g/mol. The minimum Gasteiger partial charge on any atom is -0.489 e. The summed E-state index contributed by atoms with van der Waals surface area (Å²) in [5, 5.41) is 3.28. The predicted octanol–water partition coefficient (Wildman–Crippen LogP) is 3.05. The largest absolute Gasteiger partial charge is 0.489 e. The molecule has 0 bridgehead atoms. The highest BCUT2D eigenvalue weighted by Gasteiger charge is 2.10. The van der Waals surface area contributed by atoms with Crippen LogP contribution in [0, 0.1) is 5.82 Å². The number of nitrogens with zero attached hydrogens (tertiary/aromatic N) is 1. The molecule has 0 aliphatic rings. The van der Waals surface area contributed by atoms with Crippen molar-refractivity contribution in [2.45, 2.75) is 33.7 Å². The van der Waals surface area contributed by atoms with E-state index in [1.54, 1.807) is 6.07 Å². The molecule has 0 saturated carbocycles. The van der Waals surface area contributed by atoms with Crippen LogP contribution in [-0.4, -0.2) is 37.7 Å². The molecule has 114 valence electrons. The molecule has 0 heterocycles. The van der Waals surface area contributed by atoms with Crippen molar-refractivity contribution in [3.05, 3.63) is 29.6 Å². The van der Waals surface area contributed by atoms with E-state index in [0.717, 1.165) is 38.2 Å². The van der Waals surface area contributed by atoms with Gasteiger partial charge in [-0.2, -0.15) is 0 Å². The lowest BCUT2D eigenvalue weighted by Crippen LogP contribution is -2.28. The summed E-state index contributed by atoms with van der Waals surface area (Å²) in [6, 6.07) is 5.10. The zero-order valence-corrected chi connectivity index (χ0v) is 12.9. The maximum absolute atomic E-state index is 13.9. The fourth-order valence-corrected chi connectivity index (χ4v) is 2.07. The summed E-state index contributed by atoms with van der Waals surface area (Å²) in [6.45, 7) is 11.2. The van der Waals surface area contributed by atoms with Crippen LogP contribution in [0.25, 0.3) is 0 Å². The number of halogens is 1. The molecule has 0 aliphatic carbocycles. The Bertz CT molecular complexity index is 381. The highest BCUT2D eigenvalue weighted by Crippen LogP contribution is 2.22. The average molecular weight is 282 g/mol. The maximum Gasteiger partial charge on any atom is 0.165 e. The van der Waals surface area contributed by atoms with E-state index in [1.807, 2.05) is 6.07 Å². The van der Waals surface area contributed by atoms with Gasteiger partial charge in [-0.3, -0.25) is 0 Å². The van der Waals surface area contributed by atoms with Crippen LogP contribution in [0.2, 0.25) is 0 Å². The van der Waals surface area contributed by atoms with E-state index >= 15 is 0 Å². The second-order valence-corrected chi connectivity index (χ2v) is 4.78. The summed E-state index contributed by atoms with van der Waals surface area (Å²) in [5.74, 6) is 0.114. The molecule has 1 aromatic rings. The number of benzene rings is 1. The molecule has 0 amide bonds. The third-order valence-electron chi connectivity index (χ3n) is 3.34. The van der Waals surface area contributed by atoms with Crippen molar-refractivity contribution in [3.8, 4) is 5.75 Å². The molecule has 0 fully saturated rings. The summed E-state index contributed by atoms with van der Waals surface area (Å²) < 4.78 is 19.6. The lowest BCUT2D eigenvalue weighted by molar-refractivity contribution is 0.216. The molecule has 0 unspecified atom stereocenters. The van der Waals surface area contributed by atoms with E-state index in [9.17, 15) is 4.39 Å². The standard InChI is InChI=1S/C16H27FN2O/c1-4-10-18-13-14-8-7-9-15(17)16(14)20-12-11-19(5-2)6-3/h7-9,18H,4-6,10-13H2,1-3H3. The zero-order chi connectivity index (χ0) is 14.8. The highest BCUT2D eigenvalue weighted by atomic mass is 19.1. The predicted molar refractivity (Wildman–Crippen MR) is 81.7 cm³/mol. The smallest absolute Gasteiger partial charge is 0.165 e. The molecule has 1 rings (SSSR count). The molecule has 4 heteroatoms. The fourth-order valence-electron chi connectivity index (χ4n) is 2.07. The third-order valence-corrected chi connectivity index (χ3v) is 3.34. The number of hydrogen-bond donors (Lipinski definition) is 1. The monoisotopic (exact) mass is 282 g/mol.